The highest BCUT2D eigenvalue weighted by molar-refractivity contribution is 7.89. The average molecular weight is 388 g/mol. The minimum absolute atomic E-state index is 0. The first-order valence-corrected chi connectivity index (χ1v) is 10.0. The second-order valence-electron chi connectivity index (χ2n) is 6.51. The average Bonchev–Trinajstić information content (AvgIpc) is 3.17. The number of fused-ring (bicyclic) bond motifs is 1. The Hall–Kier alpha value is -1.15. The molecule has 2 saturated heterocycles. The molecule has 8 heteroatoms. The van der Waals surface area contributed by atoms with Crippen LogP contribution in [0.2, 0.25) is 0 Å². The molecule has 2 atom stereocenters. The minimum Gasteiger partial charge on any atom is -0.338 e. The Morgan fingerprint density at radius 2 is 1.80 bits per heavy atom. The number of carbonyl (C=O) groups is 1. The van der Waals surface area contributed by atoms with E-state index in [0.717, 1.165) is 26.2 Å². The van der Waals surface area contributed by atoms with Gasteiger partial charge in [-0.3, -0.25) is 4.79 Å². The molecule has 2 aliphatic rings. The van der Waals surface area contributed by atoms with Gasteiger partial charge in [-0.25, -0.2) is 8.42 Å². The smallest absolute Gasteiger partial charge is 0.253 e. The van der Waals surface area contributed by atoms with Gasteiger partial charge in [0, 0.05) is 44.8 Å². The Labute approximate surface area is 156 Å². The summed E-state index contributed by atoms with van der Waals surface area (Å²) in [5.74, 6) is 0.981. The van der Waals surface area contributed by atoms with Gasteiger partial charge in [-0.1, -0.05) is 19.9 Å². The van der Waals surface area contributed by atoms with Crippen LogP contribution in [-0.4, -0.2) is 62.8 Å². The molecule has 1 N–H and O–H groups in total. The van der Waals surface area contributed by atoms with Gasteiger partial charge in [0.05, 0.1) is 4.90 Å². The molecule has 0 saturated carbocycles. The van der Waals surface area contributed by atoms with Crippen molar-refractivity contribution in [3.63, 3.8) is 0 Å². The van der Waals surface area contributed by atoms with Crippen LogP contribution in [0.5, 0.6) is 0 Å². The van der Waals surface area contributed by atoms with Crippen LogP contribution in [-0.2, 0) is 10.0 Å². The first kappa shape index (κ1) is 20.2. The van der Waals surface area contributed by atoms with Crippen LogP contribution >= 0.6 is 12.4 Å². The Kier molecular flexibility index (Phi) is 6.48. The van der Waals surface area contributed by atoms with Crippen molar-refractivity contribution >= 4 is 28.3 Å². The molecule has 2 heterocycles. The molecular formula is C17H26ClN3O3S. The van der Waals surface area contributed by atoms with Crippen molar-refractivity contribution in [2.75, 3.05) is 39.3 Å². The fourth-order valence-corrected chi connectivity index (χ4v) is 5.21. The van der Waals surface area contributed by atoms with E-state index in [-0.39, 0.29) is 23.2 Å². The first-order chi connectivity index (χ1) is 11.5. The highest BCUT2D eigenvalue weighted by Crippen LogP contribution is 2.28. The molecule has 6 nitrogen and oxygen atoms in total. The standard InChI is InChI=1S/C17H25N3O3S.ClH/c1-3-20(4-2)24(22,23)16-7-5-6-13(8-16)17(21)19-11-14-9-18-10-15(14)12-19;/h5-8,14-15,18H,3-4,9-12H2,1-2H3;1H/t14-,15+;. The molecule has 3 rings (SSSR count). The molecule has 0 radical (unpaired) electrons. The molecule has 1 aromatic rings. The Morgan fingerprint density at radius 3 is 2.36 bits per heavy atom. The Bertz CT molecular complexity index is 710. The van der Waals surface area contributed by atoms with Gasteiger partial charge in [0.15, 0.2) is 0 Å². The topological polar surface area (TPSA) is 69.7 Å². The zero-order chi connectivity index (χ0) is 17.3. The summed E-state index contributed by atoms with van der Waals surface area (Å²) >= 11 is 0. The largest absolute Gasteiger partial charge is 0.338 e. The maximum atomic E-state index is 12.8. The predicted octanol–water partition coefficient (Wildman–Crippen LogP) is 1.43. The van der Waals surface area contributed by atoms with E-state index in [9.17, 15) is 13.2 Å². The van der Waals surface area contributed by atoms with Crippen LogP contribution < -0.4 is 5.32 Å². The number of hydrogen-bond acceptors (Lipinski definition) is 4. The molecule has 0 spiro atoms. The number of sulfonamides is 1. The number of amides is 1. The fraction of sp³-hybridized carbons (Fsp3) is 0.588. The van der Waals surface area contributed by atoms with Crippen molar-refractivity contribution in [3.8, 4) is 0 Å². The molecule has 140 valence electrons. The maximum Gasteiger partial charge on any atom is 0.253 e. The normalized spacial score (nSPS) is 22.8. The number of nitrogens with zero attached hydrogens (tertiary/aromatic N) is 2. The van der Waals surface area contributed by atoms with Crippen LogP contribution in [0.1, 0.15) is 24.2 Å². The lowest BCUT2D eigenvalue weighted by Gasteiger charge is -2.20. The van der Waals surface area contributed by atoms with Gasteiger partial charge in [-0.2, -0.15) is 4.31 Å². The van der Waals surface area contributed by atoms with Crippen LogP contribution in [0.25, 0.3) is 0 Å². The summed E-state index contributed by atoms with van der Waals surface area (Å²) in [6, 6.07) is 6.44. The number of carbonyl (C=O) groups excluding carboxylic acids is 1. The van der Waals surface area contributed by atoms with E-state index in [1.54, 1.807) is 18.2 Å². The number of rotatable bonds is 5. The number of hydrogen-bond donors (Lipinski definition) is 1. The van der Waals surface area contributed by atoms with Gasteiger partial charge in [-0.05, 0) is 30.0 Å². The SMILES string of the molecule is CCN(CC)S(=O)(=O)c1cccc(C(=O)N2C[C@H]3CNC[C@H]3C2)c1.Cl. The van der Waals surface area contributed by atoms with E-state index in [2.05, 4.69) is 5.32 Å². The summed E-state index contributed by atoms with van der Waals surface area (Å²) in [5.41, 5.74) is 0.455. The molecule has 2 aliphatic heterocycles. The summed E-state index contributed by atoms with van der Waals surface area (Å²) in [6.07, 6.45) is 0. The molecule has 25 heavy (non-hydrogen) atoms. The minimum atomic E-state index is -3.54. The highest BCUT2D eigenvalue weighted by atomic mass is 35.5. The lowest BCUT2D eigenvalue weighted by atomic mass is 10.0. The quantitative estimate of drug-likeness (QED) is 0.829. The summed E-state index contributed by atoms with van der Waals surface area (Å²) in [5, 5.41) is 3.36. The lowest BCUT2D eigenvalue weighted by molar-refractivity contribution is 0.0781. The third-order valence-electron chi connectivity index (χ3n) is 5.10. The van der Waals surface area contributed by atoms with Crippen molar-refractivity contribution in [2.24, 2.45) is 11.8 Å². The zero-order valence-electron chi connectivity index (χ0n) is 14.6. The highest BCUT2D eigenvalue weighted by Gasteiger charge is 2.38. The van der Waals surface area contributed by atoms with Crippen molar-refractivity contribution < 1.29 is 13.2 Å². The fourth-order valence-electron chi connectivity index (χ4n) is 3.71. The van der Waals surface area contributed by atoms with E-state index in [4.69, 9.17) is 0 Å². The molecule has 1 aromatic carbocycles. The van der Waals surface area contributed by atoms with E-state index in [1.807, 2.05) is 18.7 Å². The lowest BCUT2D eigenvalue weighted by Crippen LogP contribution is -2.33. The van der Waals surface area contributed by atoms with E-state index < -0.39 is 10.0 Å². The third kappa shape index (κ3) is 3.84. The maximum absolute atomic E-state index is 12.8. The molecule has 1 amide bonds. The Morgan fingerprint density at radius 1 is 1.20 bits per heavy atom. The van der Waals surface area contributed by atoms with Crippen molar-refractivity contribution in [1.29, 1.82) is 0 Å². The van der Waals surface area contributed by atoms with Crippen LogP contribution in [0.4, 0.5) is 0 Å². The summed E-state index contributed by atoms with van der Waals surface area (Å²) < 4.78 is 26.7. The summed E-state index contributed by atoms with van der Waals surface area (Å²) in [4.78, 5) is 14.8. The first-order valence-electron chi connectivity index (χ1n) is 8.57. The van der Waals surface area contributed by atoms with Gasteiger partial charge in [0.1, 0.15) is 0 Å². The Balaban J connectivity index is 0.00000225. The van der Waals surface area contributed by atoms with Crippen LogP contribution in [0.15, 0.2) is 29.2 Å². The molecule has 0 aromatic heterocycles. The van der Waals surface area contributed by atoms with Crippen molar-refractivity contribution in [3.05, 3.63) is 29.8 Å². The molecule has 0 bridgehead atoms. The summed E-state index contributed by atoms with van der Waals surface area (Å²) in [7, 11) is -3.54. The number of benzene rings is 1. The molecular weight excluding hydrogens is 362 g/mol. The second kappa shape index (κ2) is 8.03. The second-order valence-corrected chi connectivity index (χ2v) is 8.44. The third-order valence-corrected chi connectivity index (χ3v) is 7.15. The van der Waals surface area contributed by atoms with Crippen LogP contribution in [0, 0.1) is 11.8 Å². The molecule has 2 fully saturated rings. The van der Waals surface area contributed by atoms with E-state index in [0.29, 0.717) is 30.5 Å². The zero-order valence-corrected chi connectivity index (χ0v) is 16.3. The number of likely N-dealkylation sites (tertiary alicyclic amines) is 1. The van der Waals surface area contributed by atoms with Crippen LogP contribution in [0.3, 0.4) is 0 Å². The molecule has 0 unspecified atom stereocenters. The van der Waals surface area contributed by atoms with Gasteiger partial charge in [0.2, 0.25) is 10.0 Å². The van der Waals surface area contributed by atoms with Crippen molar-refractivity contribution in [2.45, 2.75) is 18.7 Å². The van der Waals surface area contributed by atoms with Gasteiger partial charge in [0.25, 0.3) is 5.91 Å². The number of nitrogens with one attached hydrogen (secondary N) is 1. The number of halogens is 1. The monoisotopic (exact) mass is 387 g/mol. The molecule has 0 aliphatic carbocycles. The van der Waals surface area contributed by atoms with E-state index >= 15 is 0 Å². The van der Waals surface area contributed by atoms with E-state index in [1.165, 1.54) is 10.4 Å². The predicted molar refractivity (Wildman–Crippen MR) is 99.6 cm³/mol. The van der Waals surface area contributed by atoms with Crippen molar-refractivity contribution in [1.82, 2.24) is 14.5 Å². The van der Waals surface area contributed by atoms with Gasteiger partial charge in [-0.15, -0.1) is 12.4 Å². The summed E-state index contributed by atoms with van der Waals surface area (Å²) in [6.45, 7) is 7.89. The van der Waals surface area contributed by atoms with Gasteiger partial charge >= 0.3 is 0 Å². The van der Waals surface area contributed by atoms with Gasteiger partial charge < -0.3 is 10.2 Å².